The average molecular weight is 496 g/mol. The van der Waals surface area contributed by atoms with E-state index in [2.05, 4.69) is 44.6 Å². The van der Waals surface area contributed by atoms with Crippen LogP contribution in [0.1, 0.15) is 51.8 Å². The summed E-state index contributed by atoms with van der Waals surface area (Å²) in [7, 11) is 1.81. The molecule has 3 N–H and O–H groups in total. The van der Waals surface area contributed by atoms with Crippen LogP contribution in [-0.4, -0.2) is 19.3 Å². The van der Waals surface area contributed by atoms with Crippen molar-refractivity contribution < 1.29 is 13.5 Å². The molecule has 1 unspecified atom stereocenters. The molecule has 2 atom stereocenters. The lowest BCUT2D eigenvalue weighted by molar-refractivity contribution is 0.163. The molecule has 2 aromatic rings. The highest BCUT2D eigenvalue weighted by Crippen LogP contribution is 2.30. The van der Waals surface area contributed by atoms with Crippen molar-refractivity contribution in [3.05, 3.63) is 108 Å². The predicted molar refractivity (Wildman–Crippen MR) is 149 cm³/mol. The number of ether oxygens (including phenoxy) is 1. The fourth-order valence-corrected chi connectivity index (χ4v) is 3.04. The number of halogens is 2. The smallest absolute Gasteiger partial charge is 0.143 e. The molecule has 0 heterocycles. The van der Waals surface area contributed by atoms with Gasteiger partial charge in [0.05, 0.1) is 6.04 Å². The lowest BCUT2D eigenvalue weighted by Crippen LogP contribution is -2.37. The normalized spacial score (nSPS) is 13.2. The van der Waals surface area contributed by atoms with Crippen LogP contribution in [0, 0.1) is 16.6 Å². The Hall–Kier alpha value is -3.67. The molecule has 6 heteroatoms. The minimum atomic E-state index is -0.362. The first-order valence-electron chi connectivity index (χ1n) is 11.8. The van der Waals surface area contributed by atoms with Crippen molar-refractivity contribution in [2.24, 2.45) is 5.41 Å². The van der Waals surface area contributed by atoms with E-state index >= 15 is 0 Å². The van der Waals surface area contributed by atoms with E-state index in [0.717, 1.165) is 22.5 Å². The molecular formula is C30H39F2N3O. The number of hydrogen-bond donors (Lipinski definition) is 3. The zero-order valence-electron chi connectivity index (χ0n) is 22.2. The maximum absolute atomic E-state index is 13.4. The average Bonchev–Trinajstić information content (AvgIpc) is 2.85. The van der Waals surface area contributed by atoms with Gasteiger partial charge in [-0.05, 0) is 55.8 Å². The van der Waals surface area contributed by atoms with Crippen LogP contribution in [0.25, 0.3) is 0 Å². The van der Waals surface area contributed by atoms with E-state index in [-0.39, 0.29) is 29.2 Å². The minimum absolute atomic E-state index is 0.0939. The highest BCUT2D eigenvalue weighted by atomic mass is 19.1. The summed E-state index contributed by atoms with van der Waals surface area (Å²) in [5, 5.41) is 14.1. The number of anilines is 1. The van der Waals surface area contributed by atoms with Crippen molar-refractivity contribution >= 4 is 11.9 Å². The molecule has 0 saturated carbocycles. The van der Waals surface area contributed by atoms with Crippen LogP contribution >= 0.6 is 0 Å². The molecule has 0 fully saturated rings. The van der Waals surface area contributed by atoms with E-state index in [4.69, 9.17) is 10.1 Å². The predicted octanol–water partition coefficient (Wildman–Crippen LogP) is 8.12. The number of rotatable bonds is 10. The second-order valence-electron chi connectivity index (χ2n) is 9.16. The Balaban J connectivity index is 0.000000697. The van der Waals surface area contributed by atoms with Gasteiger partial charge in [0.2, 0.25) is 0 Å². The summed E-state index contributed by atoms with van der Waals surface area (Å²) < 4.78 is 31.8. The number of nitrogens with one attached hydrogen (secondary N) is 3. The van der Waals surface area contributed by atoms with Gasteiger partial charge in [-0.2, -0.15) is 0 Å². The van der Waals surface area contributed by atoms with Gasteiger partial charge >= 0.3 is 0 Å². The maximum Gasteiger partial charge on any atom is 0.143 e. The summed E-state index contributed by atoms with van der Waals surface area (Å²) in [6.45, 7) is 17.5. The highest BCUT2D eigenvalue weighted by molar-refractivity contribution is 5.86. The molecule has 0 aliphatic heterocycles. The SMILES string of the molecule is C=C(NC(C)[C@H](Oc1ccc(NC)c(C=N)c1)c1ccc(F)cc1)C(C)(C)C.C=C/C=C\C(F)=C/C. The molecule has 0 aliphatic rings. The Morgan fingerprint density at radius 1 is 1.14 bits per heavy atom. The summed E-state index contributed by atoms with van der Waals surface area (Å²) in [6.07, 6.45) is 6.75. The van der Waals surface area contributed by atoms with Crippen LogP contribution in [0.5, 0.6) is 5.75 Å². The Labute approximate surface area is 215 Å². The number of allylic oxidation sites excluding steroid dienone is 6. The summed E-state index contributed by atoms with van der Waals surface area (Å²) in [5.41, 5.74) is 3.26. The Bertz CT molecular complexity index is 1070. The van der Waals surface area contributed by atoms with Gasteiger partial charge in [-0.15, -0.1) is 0 Å². The molecule has 0 bridgehead atoms. The van der Waals surface area contributed by atoms with E-state index < -0.39 is 0 Å². The molecule has 0 amide bonds. The molecule has 0 spiro atoms. The Morgan fingerprint density at radius 3 is 2.28 bits per heavy atom. The largest absolute Gasteiger partial charge is 0.484 e. The van der Waals surface area contributed by atoms with Gasteiger partial charge in [0, 0.05) is 35.6 Å². The molecular weight excluding hydrogens is 456 g/mol. The van der Waals surface area contributed by atoms with Crippen molar-refractivity contribution in [1.29, 1.82) is 5.41 Å². The molecule has 0 saturated heterocycles. The van der Waals surface area contributed by atoms with Gasteiger partial charge in [0.15, 0.2) is 0 Å². The third-order valence-electron chi connectivity index (χ3n) is 5.34. The van der Waals surface area contributed by atoms with Crippen molar-refractivity contribution in [3.8, 4) is 5.75 Å². The van der Waals surface area contributed by atoms with Gasteiger partial charge in [-0.3, -0.25) is 0 Å². The van der Waals surface area contributed by atoms with E-state index in [1.165, 1.54) is 36.6 Å². The summed E-state index contributed by atoms with van der Waals surface area (Å²) in [4.78, 5) is 0. The van der Waals surface area contributed by atoms with E-state index in [0.29, 0.717) is 5.75 Å². The first-order chi connectivity index (χ1) is 17.0. The minimum Gasteiger partial charge on any atom is -0.484 e. The molecule has 2 aromatic carbocycles. The standard InChI is InChI=1S/C23H30FN3O.C7H9F/c1-15(27-16(2)23(3,4)5)22(17-7-9-19(24)10-8-17)28-20-11-12-21(26-6)18(13-20)14-25;1-3-5-6-7(8)4-2/h7-15,22,25-27H,2H2,1,3-6H3;3-6H,1H2,2H3/b;6-5-,7-4+/t15?,22-;/m0./s1. The molecule has 0 aliphatic carbocycles. The Kier molecular flexibility index (Phi) is 12.4. The van der Waals surface area contributed by atoms with Crippen LogP contribution in [-0.2, 0) is 0 Å². The fraction of sp³-hybridized carbons (Fsp3) is 0.300. The molecule has 0 radical (unpaired) electrons. The summed E-state index contributed by atoms with van der Waals surface area (Å²) in [5.74, 6) is 0.124. The highest BCUT2D eigenvalue weighted by Gasteiger charge is 2.25. The fourth-order valence-electron chi connectivity index (χ4n) is 3.04. The zero-order chi connectivity index (χ0) is 27.3. The Morgan fingerprint density at radius 2 is 1.78 bits per heavy atom. The topological polar surface area (TPSA) is 57.1 Å². The van der Waals surface area contributed by atoms with Gasteiger partial charge in [0.25, 0.3) is 0 Å². The van der Waals surface area contributed by atoms with Crippen LogP contribution in [0.3, 0.4) is 0 Å². The third kappa shape index (κ3) is 9.90. The van der Waals surface area contributed by atoms with Crippen LogP contribution in [0.2, 0.25) is 0 Å². The van der Waals surface area contributed by atoms with Gasteiger partial charge < -0.3 is 20.8 Å². The summed E-state index contributed by atoms with van der Waals surface area (Å²) >= 11 is 0. The molecule has 0 aromatic heterocycles. The van der Waals surface area contributed by atoms with Crippen molar-refractivity contribution in [3.63, 3.8) is 0 Å². The summed E-state index contributed by atoms with van der Waals surface area (Å²) in [6, 6.07) is 11.8. The maximum atomic E-state index is 13.4. The molecule has 36 heavy (non-hydrogen) atoms. The van der Waals surface area contributed by atoms with Crippen LogP contribution in [0.4, 0.5) is 14.5 Å². The van der Waals surface area contributed by atoms with Crippen LogP contribution < -0.4 is 15.4 Å². The molecule has 4 nitrogen and oxygen atoms in total. The van der Waals surface area contributed by atoms with Gasteiger partial charge in [0.1, 0.15) is 23.5 Å². The first kappa shape index (κ1) is 30.4. The van der Waals surface area contributed by atoms with Gasteiger partial charge in [-0.25, -0.2) is 8.78 Å². The molecule has 194 valence electrons. The van der Waals surface area contributed by atoms with E-state index in [1.807, 2.05) is 32.2 Å². The monoisotopic (exact) mass is 495 g/mol. The quantitative estimate of drug-likeness (QED) is 0.230. The van der Waals surface area contributed by atoms with E-state index in [1.54, 1.807) is 25.1 Å². The van der Waals surface area contributed by atoms with Crippen molar-refractivity contribution in [2.45, 2.75) is 46.8 Å². The zero-order valence-corrected chi connectivity index (χ0v) is 22.2. The van der Waals surface area contributed by atoms with Crippen LogP contribution in [0.15, 0.2) is 91.5 Å². The first-order valence-corrected chi connectivity index (χ1v) is 11.8. The molecule has 2 rings (SSSR count). The van der Waals surface area contributed by atoms with E-state index in [9.17, 15) is 8.78 Å². The van der Waals surface area contributed by atoms with Gasteiger partial charge in [-0.1, -0.05) is 64.3 Å². The lowest BCUT2D eigenvalue weighted by Gasteiger charge is -2.32. The second-order valence-corrected chi connectivity index (χ2v) is 9.16. The van der Waals surface area contributed by atoms with Crippen molar-refractivity contribution in [2.75, 3.05) is 12.4 Å². The number of hydrogen-bond acceptors (Lipinski definition) is 4. The number of benzene rings is 2. The lowest BCUT2D eigenvalue weighted by atomic mass is 9.91. The third-order valence-corrected chi connectivity index (χ3v) is 5.34. The second kappa shape index (κ2) is 14.7. The van der Waals surface area contributed by atoms with Crippen molar-refractivity contribution in [1.82, 2.24) is 5.32 Å².